The van der Waals surface area contributed by atoms with Crippen LogP contribution in [0.25, 0.3) is 0 Å². The maximum absolute atomic E-state index is 13.1. The summed E-state index contributed by atoms with van der Waals surface area (Å²) in [5, 5.41) is 0. The van der Waals surface area contributed by atoms with Crippen LogP contribution < -0.4 is 0 Å². The zero-order valence-electron chi connectivity index (χ0n) is 19.2. The van der Waals surface area contributed by atoms with Crippen LogP contribution in [-0.4, -0.2) is 47.8 Å². The van der Waals surface area contributed by atoms with E-state index in [1.165, 1.54) is 0 Å². The van der Waals surface area contributed by atoms with Gasteiger partial charge in [-0.2, -0.15) is 0 Å². The summed E-state index contributed by atoms with van der Waals surface area (Å²) in [5.74, 6) is 0.425. The second kappa shape index (κ2) is 5.38. The maximum Gasteiger partial charge on any atom is 0.228 e. The number of rotatable bonds is 0. The summed E-state index contributed by atoms with van der Waals surface area (Å²) in [6, 6.07) is 0. The van der Waals surface area contributed by atoms with Crippen molar-refractivity contribution in [1.29, 1.82) is 0 Å². The monoisotopic (exact) mass is 406 g/mol. The molecule has 2 aliphatic heterocycles. The predicted octanol–water partition coefficient (Wildman–Crippen LogP) is 3.97. The first-order valence-corrected chi connectivity index (χ1v) is 11.2. The van der Waals surface area contributed by atoms with Crippen molar-refractivity contribution in [1.82, 2.24) is 9.80 Å². The van der Waals surface area contributed by atoms with Crippen LogP contribution in [-0.2, 0) is 9.59 Å². The van der Waals surface area contributed by atoms with Crippen molar-refractivity contribution in [3.63, 3.8) is 0 Å². The van der Waals surface area contributed by atoms with Gasteiger partial charge in [0, 0.05) is 58.7 Å². The zero-order valence-corrected chi connectivity index (χ0v) is 19.2. The summed E-state index contributed by atoms with van der Waals surface area (Å²) in [5.41, 5.74) is -1.60. The standard InChI is InChI=1S/C26H34N2O2/c1-21(2,3)19(29)27-15-23-7-11-25(12-8-23)17-28(20(30)22(4,5)6)18-26(25)13-9-24(23,16-27)10-14-26/h7-14H,15-18H2,1-6H3. The lowest BCUT2D eigenvalue weighted by molar-refractivity contribution is -0.139. The Morgan fingerprint density at radius 3 is 0.900 bits per heavy atom. The highest BCUT2D eigenvalue weighted by molar-refractivity contribution is 5.83. The molecule has 0 bridgehead atoms. The average molecular weight is 407 g/mol. The van der Waals surface area contributed by atoms with Crippen LogP contribution in [0.1, 0.15) is 41.5 Å². The molecule has 0 radical (unpaired) electrons. The average Bonchev–Trinajstić information content (AvgIpc) is 3.08. The fraction of sp³-hybridized carbons (Fsp3) is 0.615. The molecule has 0 aromatic carbocycles. The predicted molar refractivity (Wildman–Crippen MR) is 118 cm³/mol. The molecule has 2 saturated heterocycles. The van der Waals surface area contributed by atoms with Gasteiger partial charge in [-0.25, -0.2) is 0 Å². The Bertz CT molecular complexity index is 796. The molecule has 2 heterocycles. The van der Waals surface area contributed by atoms with E-state index in [9.17, 15) is 9.59 Å². The first-order chi connectivity index (χ1) is 13.8. The van der Waals surface area contributed by atoms with Gasteiger partial charge in [-0.1, -0.05) is 90.2 Å². The number of amides is 2. The molecular weight excluding hydrogens is 372 g/mol. The summed E-state index contributed by atoms with van der Waals surface area (Å²) >= 11 is 0. The highest BCUT2D eigenvalue weighted by Gasteiger charge is 2.64. The molecule has 4 nitrogen and oxygen atoms in total. The number of carbonyl (C=O) groups excluding carboxylic acids is 2. The van der Waals surface area contributed by atoms with Gasteiger partial charge in [0.15, 0.2) is 0 Å². The SMILES string of the molecule is CC(C)(C)C(=O)N1CC23C=CC4(C=C2)CN(C(=O)C(C)(C)C)CC42C=CC3(C=C2)C1. The van der Waals surface area contributed by atoms with Gasteiger partial charge in [-0.3, -0.25) is 9.59 Å². The molecule has 30 heavy (non-hydrogen) atoms. The topological polar surface area (TPSA) is 40.6 Å². The van der Waals surface area contributed by atoms with Gasteiger partial charge in [0.05, 0.1) is 0 Å². The van der Waals surface area contributed by atoms with E-state index in [1.54, 1.807) is 0 Å². The largest absolute Gasteiger partial charge is 0.340 e. The first-order valence-electron chi connectivity index (χ1n) is 11.2. The molecule has 2 fully saturated rings. The minimum Gasteiger partial charge on any atom is -0.340 e. The van der Waals surface area contributed by atoms with E-state index in [-0.39, 0.29) is 44.3 Å². The molecule has 0 N–H and O–H groups in total. The smallest absolute Gasteiger partial charge is 0.228 e. The van der Waals surface area contributed by atoms with Gasteiger partial charge in [0.2, 0.25) is 11.8 Å². The lowest BCUT2D eigenvalue weighted by atomic mass is 9.50. The molecule has 4 aliphatic rings. The Kier molecular flexibility index (Phi) is 3.56. The number of hydrogen-bond donors (Lipinski definition) is 0. The third-order valence-corrected chi connectivity index (χ3v) is 8.11. The van der Waals surface area contributed by atoms with E-state index in [1.807, 2.05) is 41.5 Å². The van der Waals surface area contributed by atoms with E-state index in [4.69, 9.17) is 0 Å². The van der Waals surface area contributed by atoms with Crippen LogP contribution in [0.2, 0.25) is 0 Å². The molecule has 0 unspecified atom stereocenters. The van der Waals surface area contributed by atoms with Crippen LogP contribution >= 0.6 is 0 Å². The molecule has 0 aromatic rings. The summed E-state index contributed by atoms with van der Waals surface area (Å²) < 4.78 is 0. The molecule has 0 atom stereocenters. The van der Waals surface area contributed by atoms with Crippen molar-refractivity contribution in [3.05, 3.63) is 48.6 Å². The Morgan fingerprint density at radius 1 is 0.533 bits per heavy atom. The van der Waals surface area contributed by atoms with Gasteiger partial charge in [-0.05, 0) is 0 Å². The number of hydrogen-bond acceptors (Lipinski definition) is 2. The van der Waals surface area contributed by atoms with E-state index in [2.05, 4.69) is 58.4 Å². The van der Waals surface area contributed by atoms with Crippen molar-refractivity contribution in [3.8, 4) is 0 Å². The Labute approximate surface area is 180 Å². The molecule has 160 valence electrons. The van der Waals surface area contributed by atoms with Gasteiger partial charge >= 0.3 is 0 Å². The third kappa shape index (κ3) is 2.28. The van der Waals surface area contributed by atoms with Crippen LogP contribution in [0.15, 0.2) is 48.6 Å². The normalized spacial score (nSPS) is 40.6. The fourth-order valence-corrected chi connectivity index (χ4v) is 6.27. The third-order valence-electron chi connectivity index (χ3n) is 8.11. The van der Waals surface area contributed by atoms with Crippen LogP contribution in [0.4, 0.5) is 0 Å². The van der Waals surface area contributed by atoms with Crippen molar-refractivity contribution in [2.75, 3.05) is 26.2 Å². The van der Waals surface area contributed by atoms with Crippen molar-refractivity contribution in [2.45, 2.75) is 41.5 Å². The van der Waals surface area contributed by atoms with Gasteiger partial charge in [0.1, 0.15) is 0 Å². The van der Waals surface area contributed by atoms with Crippen molar-refractivity contribution >= 4 is 11.8 Å². The van der Waals surface area contributed by atoms with Gasteiger partial charge in [-0.15, -0.1) is 0 Å². The van der Waals surface area contributed by atoms with Crippen LogP contribution in [0.3, 0.4) is 0 Å². The molecule has 4 heteroatoms. The number of fused-ring (bicyclic) bond motifs is 2. The molecule has 2 amide bonds. The highest BCUT2D eigenvalue weighted by atomic mass is 16.2. The lowest BCUT2D eigenvalue weighted by Crippen LogP contribution is -2.48. The number of carbonyl (C=O) groups is 2. The first kappa shape index (κ1) is 19.8. The van der Waals surface area contributed by atoms with Crippen LogP contribution in [0, 0.1) is 32.5 Å². The van der Waals surface area contributed by atoms with Crippen LogP contribution in [0.5, 0.6) is 0 Å². The highest BCUT2D eigenvalue weighted by Crippen LogP contribution is 2.64. The molecular formula is C26H34N2O2. The molecule has 0 aromatic heterocycles. The fourth-order valence-electron chi connectivity index (χ4n) is 6.27. The summed E-state index contributed by atoms with van der Waals surface area (Å²) in [6.07, 6.45) is 18.9. The van der Waals surface area contributed by atoms with E-state index < -0.39 is 0 Å². The number of likely N-dealkylation sites (tertiary alicyclic amines) is 2. The minimum atomic E-state index is -0.385. The van der Waals surface area contributed by atoms with Gasteiger partial charge < -0.3 is 9.80 Å². The number of nitrogens with zero attached hydrogens (tertiary/aromatic N) is 2. The molecule has 2 aliphatic carbocycles. The van der Waals surface area contributed by atoms with E-state index in [0.717, 1.165) is 0 Å². The second-order valence-corrected chi connectivity index (χ2v) is 12.3. The zero-order chi connectivity index (χ0) is 21.8. The molecule has 4 rings (SSSR count). The Hall–Kier alpha value is -2.10. The van der Waals surface area contributed by atoms with Crippen molar-refractivity contribution < 1.29 is 9.59 Å². The minimum absolute atomic E-state index is 0.208. The maximum atomic E-state index is 13.1. The van der Waals surface area contributed by atoms with Gasteiger partial charge in [0.25, 0.3) is 0 Å². The summed E-state index contributed by atoms with van der Waals surface area (Å²) in [7, 11) is 0. The second-order valence-electron chi connectivity index (χ2n) is 12.3. The quantitative estimate of drug-likeness (QED) is 0.571. The molecule has 4 spiro atoms. The molecule has 0 saturated carbocycles. The Morgan fingerprint density at radius 2 is 0.733 bits per heavy atom. The summed E-state index contributed by atoms with van der Waals surface area (Å²) in [6.45, 7) is 14.8. The lowest BCUT2D eigenvalue weighted by Gasteiger charge is -2.51. The van der Waals surface area contributed by atoms with E-state index >= 15 is 0 Å². The Balaban J connectivity index is 1.56. The van der Waals surface area contributed by atoms with E-state index in [0.29, 0.717) is 26.2 Å². The summed E-state index contributed by atoms with van der Waals surface area (Å²) in [4.78, 5) is 30.3. The van der Waals surface area contributed by atoms with Crippen molar-refractivity contribution in [2.24, 2.45) is 32.5 Å².